The van der Waals surface area contributed by atoms with Gasteiger partial charge in [-0.3, -0.25) is 4.98 Å². The largest absolute Gasteiger partial charge is 0.368 e. The van der Waals surface area contributed by atoms with Crippen molar-refractivity contribution < 1.29 is 0 Å². The molecule has 7 heteroatoms. The quantitative estimate of drug-likeness (QED) is 0.892. The fraction of sp³-hybridized carbons (Fsp3) is 0.600. The van der Waals surface area contributed by atoms with Crippen LogP contribution in [0, 0.1) is 25.7 Å². The summed E-state index contributed by atoms with van der Waals surface area (Å²) >= 11 is 0. The molecule has 2 saturated heterocycles. The third-order valence-corrected chi connectivity index (χ3v) is 6.02. The number of nitrogens with zero attached hydrogens (tertiary/aromatic N) is 6. The summed E-state index contributed by atoms with van der Waals surface area (Å²) in [6, 6.07) is 2.04. The molecule has 7 nitrogen and oxygen atoms in total. The number of hydrogen-bond acceptors (Lipinski definition) is 7. The van der Waals surface area contributed by atoms with E-state index in [4.69, 9.17) is 5.73 Å². The topological polar surface area (TPSA) is 84.1 Å². The molecule has 4 rings (SSSR count). The zero-order valence-corrected chi connectivity index (χ0v) is 16.3. The molecule has 27 heavy (non-hydrogen) atoms. The molecule has 0 amide bonds. The highest BCUT2D eigenvalue weighted by molar-refractivity contribution is 5.43. The van der Waals surface area contributed by atoms with Crippen LogP contribution in [0.1, 0.15) is 37.1 Å². The van der Waals surface area contributed by atoms with Gasteiger partial charge in [0.05, 0.1) is 18.1 Å². The third-order valence-electron chi connectivity index (χ3n) is 6.02. The van der Waals surface area contributed by atoms with Gasteiger partial charge in [-0.25, -0.2) is 9.97 Å². The summed E-state index contributed by atoms with van der Waals surface area (Å²) in [6.45, 7) is 8.25. The van der Waals surface area contributed by atoms with Gasteiger partial charge in [0.2, 0.25) is 5.95 Å². The van der Waals surface area contributed by atoms with Crippen molar-refractivity contribution in [3.63, 3.8) is 0 Å². The Morgan fingerprint density at radius 2 is 1.37 bits per heavy atom. The van der Waals surface area contributed by atoms with Crippen molar-refractivity contribution >= 4 is 17.6 Å². The molecule has 2 aliphatic rings. The van der Waals surface area contributed by atoms with Crippen molar-refractivity contribution in [2.24, 2.45) is 11.8 Å². The van der Waals surface area contributed by atoms with Gasteiger partial charge in [0.25, 0.3) is 0 Å². The maximum atomic E-state index is 5.82. The van der Waals surface area contributed by atoms with Gasteiger partial charge in [-0.15, -0.1) is 0 Å². The summed E-state index contributed by atoms with van der Waals surface area (Å²) in [7, 11) is 0. The van der Waals surface area contributed by atoms with E-state index in [1.165, 1.54) is 25.7 Å². The van der Waals surface area contributed by atoms with Crippen LogP contribution in [0.5, 0.6) is 0 Å². The first-order chi connectivity index (χ1) is 13.1. The van der Waals surface area contributed by atoms with E-state index < -0.39 is 0 Å². The van der Waals surface area contributed by atoms with Crippen LogP contribution in [0.2, 0.25) is 0 Å². The third kappa shape index (κ3) is 4.12. The molecule has 2 aromatic rings. The second-order valence-electron chi connectivity index (χ2n) is 7.89. The summed E-state index contributed by atoms with van der Waals surface area (Å²) < 4.78 is 0. The number of aryl methyl sites for hydroxylation is 2. The average Bonchev–Trinajstić information content (AvgIpc) is 2.68. The van der Waals surface area contributed by atoms with Crippen molar-refractivity contribution in [3.8, 4) is 0 Å². The van der Waals surface area contributed by atoms with E-state index in [0.29, 0.717) is 5.95 Å². The van der Waals surface area contributed by atoms with E-state index in [1.54, 1.807) is 0 Å². The molecule has 0 aliphatic carbocycles. The van der Waals surface area contributed by atoms with E-state index in [-0.39, 0.29) is 0 Å². The SMILES string of the molecule is Cc1cnc(N2CCC(C3CCN(c4cc(C)nc(N)n4)CC3)CC2)cn1. The summed E-state index contributed by atoms with van der Waals surface area (Å²) in [5.41, 5.74) is 7.73. The number of aromatic nitrogens is 4. The Morgan fingerprint density at radius 3 is 1.89 bits per heavy atom. The van der Waals surface area contributed by atoms with Crippen LogP contribution < -0.4 is 15.5 Å². The fourth-order valence-electron chi connectivity index (χ4n) is 4.49. The van der Waals surface area contributed by atoms with Gasteiger partial charge < -0.3 is 15.5 Å². The molecule has 0 spiro atoms. The highest BCUT2D eigenvalue weighted by Crippen LogP contribution is 2.34. The number of piperidine rings is 2. The lowest BCUT2D eigenvalue weighted by molar-refractivity contribution is 0.232. The van der Waals surface area contributed by atoms with Gasteiger partial charge in [-0.2, -0.15) is 4.98 Å². The Labute approximate surface area is 161 Å². The van der Waals surface area contributed by atoms with Crippen molar-refractivity contribution in [3.05, 3.63) is 29.8 Å². The van der Waals surface area contributed by atoms with Gasteiger partial charge in [0.1, 0.15) is 11.6 Å². The molecule has 0 radical (unpaired) electrons. The molecule has 0 bridgehead atoms. The first-order valence-corrected chi connectivity index (χ1v) is 9.98. The van der Waals surface area contributed by atoms with Crippen LogP contribution in [0.4, 0.5) is 17.6 Å². The molecule has 0 unspecified atom stereocenters. The van der Waals surface area contributed by atoms with E-state index >= 15 is 0 Å². The van der Waals surface area contributed by atoms with Gasteiger partial charge in [-0.1, -0.05) is 0 Å². The monoisotopic (exact) mass is 367 g/mol. The summed E-state index contributed by atoms with van der Waals surface area (Å²) in [5, 5.41) is 0. The number of hydrogen-bond donors (Lipinski definition) is 1. The second kappa shape index (κ2) is 7.66. The Balaban J connectivity index is 1.30. The molecule has 0 atom stereocenters. The van der Waals surface area contributed by atoms with Crippen molar-refractivity contribution in [1.29, 1.82) is 0 Å². The summed E-state index contributed by atoms with van der Waals surface area (Å²) in [5.74, 6) is 4.00. The maximum Gasteiger partial charge on any atom is 0.222 e. The molecule has 2 fully saturated rings. The van der Waals surface area contributed by atoms with Crippen LogP contribution in [-0.2, 0) is 0 Å². The molecule has 0 saturated carbocycles. The minimum atomic E-state index is 0.374. The molecule has 0 aromatic carbocycles. The Morgan fingerprint density at radius 1 is 0.778 bits per heavy atom. The first-order valence-electron chi connectivity index (χ1n) is 9.98. The molecular formula is C20H29N7. The Kier molecular flexibility index (Phi) is 5.09. The van der Waals surface area contributed by atoms with E-state index in [9.17, 15) is 0 Å². The van der Waals surface area contributed by atoms with Crippen LogP contribution in [0.15, 0.2) is 18.5 Å². The zero-order chi connectivity index (χ0) is 18.8. The second-order valence-corrected chi connectivity index (χ2v) is 7.89. The lowest BCUT2D eigenvalue weighted by Gasteiger charge is -2.40. The molecule has 2 N–H and O–H groups in total. The number of anilines is 3. The Bertz CT molecular complexity index is 740. The minimum absolute atomic E-state index is 0.374. The normalized spacial score (nSPS) is 19.5. The van der Waals surface area contributed by atoms with Crippen LogP contribution in [-0.4, -0.2) is 46.1 Å². The Hall–Kier alpha value is -2.44. The van der Waals surface area contributed by atoms with Crippen LogP contribution in [0.3, 0.4) is 0 Å². The summed E-state index contributed by atoms with van der Waals surface area (Å²) in [6.07, 6.45) is 8.73. The van der Waals surface area contributed by atoms with Crippen LogP contribution in [0.25, 0.3) is 0 Å². The minimum Gasteiger partial charge on any atom is -0.368 e. The predicted molar refractivity (Wildman–Crippen MR) is 108 cm³/mol. The van der Waals surface area contributed by atoms with Crippen molar-refractivity contribution in [1.82, 2.24) is 19.9 Å². The fourth-order valence-corrected chi connectivity index (χ4v) is 4.49. The maximum absolute atomic E-state index is 5.82. The van der Waals surface area contributed by atoms with Crippen molar-refractivity contribution in [2.75, 3.05) is 41.7 Å². The molecule has 2 aliphatic heterocycles. The number of nitrogen functional groups attached to an aromatic ring is 1. The average molecular weight is 368 g/mol. The van der Waals surface area contributed by atoms with Crippen LogP contribution >= 0.6 is 0 Å². The highest BCUT2D eigenvalue weighted by Gasteiger charge is 2.30. The van der Waals surface area contributed by atoms with E-state index in [1.807, 2.05) is 32.3 Å². The standard InChI is InChI=1S/C20H29N7/c1-14-11-18(25-20(21)24-14)26-7-3-16(4-8-26)17-5-9-27(10-6-17)19-13-22-15(2)12-23-19/h11-13,16-17H,3-10H2,1-2H3,(H2,21,24,25). The lowest BCUT2D eigenvalue weighted by atomic mass is 9.79. The zero-order valence-electron chi connectivity index (χ0n) is 16.3. The van der Waals surface area contributed by atoms with Gasteiger partial charge in [-0.05, 0) is 51.4 Å². The molecule has 4 heterocycles. The molecule has 2 aromatic heterocycles. The lowest BCUT2D eigenvalue weighted by Crippen LogP contribution is -2.41. The van der Waals surface area contributed by atoms with Gasteiger partial charge in [0.15, 0.2) is 0 Å². The first kappa shape index (κ1) is 17.9. The predicted octanol–water partition coefficient (Wildman–Crippen LogP) is 2.60. The molecular weight excluding hydrogens is 338 g/mol. The van der Waals surface area contributed by atoms with Crippen molar-refractivity contribution in [2.45, 2.75) is 39.5 Å². The van der Waals surface area contributed by atoms with E-state index in [2.05, 4.69) is 29.7 Å². The molecule has 144 valence electrons. The van der Waals surface area contributed by atoms with Gasteiger partial charge in [0, 0.05) is 37.9 Å². The summed E-state index contributed by atoms with van der Waals surface area (Å²) in [4.78, 5) is 22.3. The number of rotatable bonds is 3. The van der Waals surface area contributed by atoms with Gasteiger partial charge >= 0.3 is 0 Å². The smallest absolute Gasteiger partial charge is 0.222 e. The number of nitrogens with two attached hydrogens (primary N) is 1. The highest BCUT2D eigenvalue weighted by atomic mass is 15.2. The van der Waals surface area contributed by atoms with E-state index in [0.717, 1.165) is 61.0 Å².